The van der Waals surface area contributed by atoms with Crippen molar-refractivity contribution in [3.8, 4) is 0 Å². The normalized spacial score (nSPS) is 11.8. The van der Waals surface area contributed by atoms with Crippen LogP contribution in [0.1, 0.15) is 37.8 Å². The molecule has 2 nitrogen and oxygen atoms in total. The van der Waals surface area contributed by atoms with Crippen LogP contribution in [-0.2, 0) is 9.53 Å². The van der Waals surface area contributed by atoms with Crippen LogP contribution < -0.4 is 0 Å². The lowest BCUT2D eigenvalue weighted by molar-refractivity contribution is -0.137. The predicted octanol–water partition coefficient (Wildman–Crippen LogP) is 4.61. The topological polar surface area (TPSA) is 26.3 Å². The minimum absolute atomic E-state index is 0.0275. The second-order valence-corrected chi connectivity index (χ2v) is 4.96. The molecule has 98 valence electrons. The van der Waals surface area contributed by atoms with Gasteiger partial charge in [0, 0.05) is 5.02 Å². The van der Waals surface area contributed by atoms with Crippen LogP contribution in [0.2, 0.25) is 5.02 Å². The number of carbonyl (C=O) groups is 1. The van der Waals surface area contributed by atoms with Crippen molar-refractivity contribution in [3.05, 3.63) is 39.4 Å². The van der Waals surface area contributed by atoms with Crippen molar-refractivity contribution in [2.75, 3.05) is 6.61 Å². The molecule has 0 radical (unpaired) electrons. The fourth-order valence-electron chi connectivity index (χ4n) is 1.43. The highest BCUT2D eigenvalue weighted by molar-refractivity contribution is 6.43. The fourth-order valence-corrected chi connectivity index (χ4v) is 1.77. The maximum absolute atomic E-state index is 11.4. The van der Waals surface area contributed by atoms with Crippen molar-refractivity contribution in [2.45, 2.75) is 26.7 Å². The van der Waals surface area contributed by atoms with Crippen molar-refractivity contribution in [2.24, 2.45) is 0 Å². The van der Waals surface area contributed by atoms with E-state index in [1.165, 1.54) is 6.08 Å². The number of rotatable bonds is 4. The molecule has 0 saturated heterocycles. The third-order valence-corrected chi connectivity index (χ3v) is 3.05. The summed E-state index contributed by atoms with van der Waals surface area (Å²) in [6, 6.07) is 5.69. The van der Waals surface area contributed by atoms with Gasteiger partial charge in [0.1, 0.15) is 5.03 Å². The summed E-state index contributed by atoms with van der Waals surface area (Å²) in [6.07, 6.45) is 1.54. The second-order valence-electron chi connectivity index (χ2n) is 4.15. The van der Waals surface area contributed by atoms with E-state index in [0.29, 0.717) is 17.5 Å². The van der Waals surface area contributed by atoms with Gasteiger partial charge in [0.15, 0.2) is 0 Å². The quantitative estimate of drug-likeness (QED) is 0.597. The number of benzene rings is 1. The van der Waals surface area contributed by atoms with Gasteiger partial charge < -0.3 is 4.74 Å². The molecule has 1 aromatic carbocycles. The SMILES string of the molecule is CCOC(=O)/C(Cl)=C/c1cc(C(C)C)ccc1Cl. The summed E-state index contributed by atoms with van der Waals surface area (Å²) in [5, 5.41) is 0.585. The summed E-state index contributed by atoms with van der Waals surface area (Å²) in [4.78, 5) is 11.4. The predicted molar refractivity (Wildman–Crippen MR) is 76.0 cm³/mol. The third-order valence-electron chi connectivity index (χ3n) is 2.44. The van der Waals surface area contributed by atoms with E-state index in [4.69, 9.17) is 27.9 Å². The molecule has 0 fully saturated rings. The van der Waals surface area contributed by atoms with E-state index in [-0.39, 0.29) is 5.03 Å². The van der Waals surface area contributed by atoms with Gasteiger partial charge in [-0.2, -0.15) is 0 Å². The maximum atomic E-state index is 11.4. The first-order chi connectivity index (χ1) is 8.45. The van der Waals surface area contributed by atoms with Gasteiger partial charge in [-0.3, -0.25) is 0 Å². The lowest BCUT2D eigenvalue weighted by Crippen LogP contribution is -2.03. The Morgan fingerprint density at radius 3 is 2.67 bits per heavy atom. The Morgan fingerprint density at radius 2 is 2.11 bits per heavy atom. The monoisotopic (exact) mass is 286 g/mol. The van der Waals surface area contributed by atoms with Crippen molar-refractivity contribution < 1.29 is 9.53 Å². The average molecular weight is 287 g/mol. The number of ether oxygens (including phenoxy) is 1. The molecule has 0 heterocycles. The molecule has 0 atom stereocenters. The van der Waals surface area contributed by atoms with E-state index in [1.54, 1.807) is 13.0 Å². The van der Waals surface area contributed by atoms with Gasteiger partial charge in [-0.25, -0.2) is 4.79 Å². The Labute approximate surface area is 118 Å². The van der Waals surface area contributed by atoms with Crippen LogP contribution in [0.4, 0.5) is 0 Å². The van der Waals surface area contributed by atoms with Crippen LogP contribution in [-0.4, -0.2) is 12.6 Å². The Balaban J connectivity index is 3.05. The lowest BCUT2D eigenvalue weighted by atomic mass is 10.0. The van der Waals surface area contributed by atoms with E-state index >= 15 is 0 Å². The zero-order valence-electron chi connectivity index (χ0n) is 10.7. The van der Waals surface area contributed by atoms with Crippen LogP contribution in [0.5, 0.6) is 0 Å². The number of halogens is 2. The summed E-state index contributed by atoms with van der Waals surface area (Å²) in [5.41, 5.74) is 1.86. The average Bonchev–Trinajstić information content (AvgIpc) is 2.31. The summed E-state index contributed by atoms with van der Waals surface area (Å²) < 4.78 is 4.81. The first-order valence-electron chi connectivity index (χ1n) is 5.79. The molecule has 0 unspecified atom stereocenters. The molecule has 0 aliphatic heterocycles. The molecule has 4 heteroatoms. The first kappa shape index (κ1) is 15.1. The number of carbonyl (C=O) groups excluding carboxylic acids is 1. The van der Waals surface area contributed by atoms with Crippen LogP contribution in [0.25, 0.3) is 6.08 Å². The molecule has 18 heavy (non-hydrogen) atoms. The second kappa shape index (κ2) is 6.81. The van der Waals surface area contributed by atoms with Gasteiger partial charge in [0.25, 0.3) is 0 Å². The molecule has 0 saturated carbocycles. The van der Waals surface area contributed by atoms with Gasteiger partial charge in [-0.1, -0.05) is 43.1 Å². The molecule has 0 bridgehead atoms. The number of hydrogen-bond donors (Lipinski definition) is 0. The fraction of sp³-hybridized carbons (Fsp3) is 0.357. The molecule has 0 N–H and O–H groups in total. The zero-order chi connectivity index (χ0) is 13.7. The smallest absolute Gasteiger partial charge is 0.349 e. The van der Waals surface area contributed by atoms with E-state index in [2.05, 4.69) is 13.8 Å². The standard InChI is InChI=1S/C14H16Cl2O2/c1-4-18-14(17)13(16)8-11-7-10(9(2)3)5-6-12(11)15/h5-9H,4H2,1-3H3/b13-8-. The van der Waals surface area contributed by atoms with Gasteiger partial charge >= 0.3 is 5.97 Å². The molecule has 1 rings (SSSR count). The van der Waals surface area contributed by atoms with Gasteiger partial charge in [0.05, 0.1) is 6.61 Å². The van der Waals surface area contributed by atoms with E-state index < -0.39 is 5.97 Å². The van der Waals surface area contributed by atoms with Crippen LogP contribution >= 0.6 is 23.2 Å². The highest BCUT2D eigenvalue weighted by Crippen LogP contribution is 2.25. The maximum Gasteiger partial charge on any atom is 0.349 e. The summed E-state index contributed by atoms with van der Waals surface area (Å²) >= 11 is 11.9. The highest BCUT2D eigenvalue weighted by Gasteiger charge is 2.09. The van der Waals surface area contributed by atoms with Crippen molar-refractivity contribution in [1.82, 2.24) is 0 Å². The molecular weight excluding hydrogens is 271 g/mol. The first-order valence-corrected chi connectivity index (χ1v) is 6.55. The third kappa shape index (κ3) is 4.04. The van der Waals surface area contributed by atoms with Gasteiger partial charge in [-0.15, -0.1) is 0 Å². The van der Waals surface area contributed by atoms with Crippen molar-refractivity contribution in [3.63, 3.8) is 0 Å². The largest absolute Gasteiger partial charge is 0.462 e. The molecule has 0 aliphatic rings. The van der Waals surface area contributed by atoms with Gasteiger partial charge in [0.2, 0.25) is 0 Å². The van der Waals surface area contributed by atoms with Crippen LogP contribution in [0.3, 0.4) is 0 Å². The highest BCUT2D eigenvalue weighted by atomic mass is 35.5. The summed E-state index contributed by atoms with van der Waals surface area (Å²) in [6.45, 7) is 6.20. The van der Waals surface area contributed by atoms with Crippen LogP contribution in [0, 0.1) is 0 Å². The number of hydrogen-bond acceptors (Lipinski definition) is 2. The minimum Gasteiger partial charge on any atom is -0.462 e. The molecule has 0 aliphatic carbocycles. The van der Waals surface area contributed by atoms with Gasteiger partial charge in [-0.05, 0) is 42.2 Å². The Morgan fingerprint density at radius 1 is 1.44 bits per heavy atom. The number of esters is 1. The van der Waals surface area contributed by atoms with Crippen LogP contribution in [0.15, 0.2) is 23.2 Å². The molecule has 0 aromatic heterocycles. The Bertz CT molecular complexity index is 465. The lowest BCUT2D eigenvalue weighted by Gasteiger charge is -2.08. The molecular formula is C14H16Cl2O2. The summed E-state index contributed by atoms with van der Waals surface area (Å²) in [7, 11) is 0. The van der Waals surface area contributed by atoms with Crippen molar-refractivity contribution in [1.29, 1.82) is 0 Å². The zero-order valence-corrected chi connectivity index (χ0v) is 12.2. The molecule has 0 amide bonds. The Hall–Kier alpha value is -0.990. The van der Waals surface area contributed by atoms with E-state index in [1.807, 2.05) is 12.1 Å². The van der Waals surface area contributed by atoms with Crippen molar-refractivity contribution >= 4 is 35.2 Å². The summed E-state index contributed by atoms with van der Waals surface area (Å²) in [5.74, 6) is -0.152. The molecule has 0 spiro atoms. The Kier molecular flexibility index (Phi) is 5.70. The van der Waals surface area contributed by atoms with E-state index in [0.717, 1.165) is 11.1 Å². The van der Waals surface area contributed by atoms with E-state index in [9.17, 15) is 4.79 Å². The minimum atomic E-state index is -0.537. The molecule has 1 aromatic rings.